The molecule has 0 spiro atoms. The molecular weight excluding hydrogens is 250 g/mol. The number of aliphatic hydroxyl groups excluding tert-OH is 1. The van der Waals surface area contributed by atoms with Gasteiger partial charge in [0.05, 0.1) is 5.75 Å². The van der Waals surface area contributed by atoms with Gasteiger partial charge in [-0.3, -0.25) is 0 Å². The molecule has 0 amide bonds. The number of aliphatic hydroxyl groups is 1. The lowest BCUT2D eigenvalue weighted by atomic mass is 10.1. The minimum absolute atomic E-state index is 0.0283. The SMILES string of the molecule is CCCCCCCCCCNS(=O)(=O)CCCO. The average Bonchev–Trinajstić information content (AvgIpc) is 2.34. The minimum Gasteiger partial charge on any atom is -0.396 e. The van der Waals surface area contributed by atoms with Crippen LogP contribution >= 0.6 is 0 Å². The Morgan fingerprint density at radius 1 is 0.889 bits per heavy atom. The van der Waals surface area contributed by atoms with Gasteiger partial charge in [0.1, 0.15) is 0 Å². The molecule has 0 aromatic heterocycles. The number of hydrogen-bond acceptors (Lipinski definition) is 3. The molecular formula is C13H29NO3S. The molecule has 5 heteroatoms. The van der Waals surface area contributed by atoms with Crippen molar-refractivity contribution in [1.29, 1.82) is 0 Å². The first-order chi connectivity index (χ1) is 8.62. The van der Waals surface area contributed by atoms with Gasteiger partial charge in [0.2, 0.25) is 10.0 Å². The van der Waals surface area contributed by atoms with Gasteiger partial charge in [-0.2, -0.15) is 0 Å². The molecule has 0 aromatic rings. The molecule has 0 aliphatic carbocycles. The van der Waals surface area contributed by atoms with Gasteiger partial charge in [-0.15, -0.1) is 0 Å². The van der Waals surface area contributed by atoms with E-state index in [4.69, 9.17) is 5.11 Å². The Labute approximate surface area is 112 Å². The van der Waals surface area contributed by atoms with E-state index in [9.17, 15) is 8.42 Å². The lowest BCUT2D eigenvalue weighted by molar-refractivity contribution is 0.295. The van der Waals surface area contributed by atoms with E-state index in [1.807, 2.05) is 0 Å². The first-order valence-corrected chi connectivity index (χ1v) is 8.86. The number of nitrogens with one attached hydrogen (secondary N) is 1. The second kappa shape index (κ2) is 11.9. The van der Waals surface area contributed by atoms with Crippen LogP contribution in [0.2, 0.25) is 0 Å². The normalized spacial score (nSPS) is 11.9. The third-order valence-electron chi connectivity index (χ3n) is 2.92. The van der Waals surface area contributed by atoms with Crippen molar-refractivity contribution >= 4 is 10.0 Å². The van der Waals surface area contributed by atoms with Gasteiger partial charge in [-0.1, -0.05) is 51.9 Å². The smallest absolute Gasteiger partial charge is 0.211 e. The van der Waals surface area contributed by atoms with E-state index in [2.05, 4.69) is 11.6 Å². The Hall–Kier alpha value is -0.130. The maximum atomic E-state index is 11.4. The van der Waals surface area contributed by atoms with Crippen LogP contribution in [-0.4, -0.2) is 32.4 Å². The van der Waals surface area contributed by atoms with Crippen molar-refractivity contribution in [1.82, 2.24) is 4.72 Å². The van der Waals surface area contributed by atoms with Gasteiger partial charge in [0.25, 0.3) is 0 Å². The summed E-state index contributed by atoms with van der Waals surface area (Å²) >= 11 is 0. The Morgan fingerprint density at radius 3 is 2.00 bits per heavy atom. The van der Waals surface area contributed by atoms with Crippen molar-refractivity contribution < 1.29 is 13.5 Å². The average molecular weight is 279 g/mol. The molecule has 0 aromatic carbocycles. The largest absolute Gasteiger partial charge is 0.396 e. The highest BCUT2D eigenvalue weighted by atomic mass is 32.2. The maximum absolute atomic E-state index is 11.4. The quantitative estimate of drug-likeness (QED) is 0.509. The molecule has 4 nitrogen and oxygen atoms in total. The fourth-order valence-electron chi connectivity index (χ4n) is 1.81. The van der Waals surface area contributed by atoms with Crippen molar-refractivity contribution in [3.8, 4) is 0 Å². The second-order valence-corrected chi connectivity index (χ2v) is 6.69. The van der Waals surface area contributed by atoms with E-state index in [1.165, 1.54) is 38.5 Å². The summed E-state index contributed by atoms with van der Waals surface area (Å²) in [6.07, 6.45) is 9.99. The minimum atomic E-state index is -3.16. The number of hydrogen-bond donors (Lipinski definition) is 2. The fraction of sp³-hybridized carbons (Fsp3) is 1.00. The van der Waals surface area contributed by atoms with Crippen molar-refractivity contribution in [2.24, 2.45) is 0 Å². The van der Waals surface area contributed by atoms with Crippen LogP contribution in [0.4, 0.5) is 0 Å². The highest BCUT2D eigenvalue weighted by Gasteiger charge is 2.07. The lowest BCUT2D eigenvalue weighted by Gasteiger charge is -2.05. The maximum Gasteiger partial charge on any atom is 0.211 e. The van der Waals surface area contributed by atoms with Crippen molar-refractivity contribution in [2.45, 2.75) is 64.7 Å². The predicted molar refractivity (Wildman–Crippen MR) is 76.1 cm³/mol. The molecule has 0 aliphatic heterocycles. The van der Waals surface area contributed by atoms with Crippen LogP contribution in [0, 0.1) is 0 Å². The Bertz CT molecular complexity index is 265. The van der Waals surface area contributed by atoms with Crippen LogP contribution < -0.4 is 4.72 Å². The Balaban J connectivity index is 3.29. The summed E-state index contributed by atoms with van der Waals surface area (Å²) in [6, 6.07) is 0. The van der Waals surface area contributed by atoms with E-state index in [-0.39, 0.29) is 12.4 Å². The topological polar surface area (TPSA) is 66.4 Å². The Kier molecular flexibility index (Phi) is 11.8. The summed E-state index contributed by atoms with van der Waals surface area (Å²) < 4.78 is 25.3. The van der Waals surface area contributed by atoms with Gasteiger partial charge >= 0.3 is 0 Å². The summed E-state index contributed by atoms with van der Waals surface area (Å²) in [6.45, 7) is 2.67. The molecule has 0 saturated heterocycles. The van der Waals surface area contributed by atoms with Crippen molar-refractivity contribution in [3.05, 3.63) is 0 Å². The Morgan fingerprint density at radius 2 is 1.44 bits per heavy atom. The van der Waals surface area contributed by atoms with Crippen LogP contribution in [0.3, 0.4) is 0 Å². The van der Waals surface area contributed by atoms with E-state index in [1.54, 1.807) is 0 Å². The summed E-state index contributed by atoms with van der Waals surface area (Å²) in [5.41, 5.74) is 0. The molecule has 0 saturated carbocycles. The molecule has 0 heterocycles. The van der Waals surface area contributed by atoms with E-state index < -0.39 is 10.0 Å². The number of sulfonamides is 1. The molecule has 0 radical (unpaired) electrons. The molecule has 0 rings (SSSR count). The summed E-state index contributed by atoms with van der Waals surface area (Å²) in [7, 11) is -3.16. The third kappa shape index (κ3) is 12.3. The second-order valence-electron chi connectivity index (χ2n) is 4.77. The number of rotatable bonds is 13. The van der Waals surface area contributed by atoms with Gasteiger partial charge in [-0.25, -0.2) is 13.1 Å². The number of unbranched alkanes of at least 4 members (excludes halogenated alkanes) is 7. The zero-order valence-electron chi connectivity index (χ0n) is 11.7. The standard InChI is InChI=1S/C13H29NO3S/c1-2-3-4-5-6-7-8-9-11-14-18(16,17)13-10-12-15/h14-15H,2-13H2,1H3. The monoisotopic (exact) mass is 279 g/mol. The third-order valence-corrected chi connectivity index (χ3v) is 4.39. The van der Waals surface area contributed by atoms with E-state index in [0.29, 0.717) is 13.0 Å². The highest BCUT2D eigenvalue weighted by Crippen LogP contribution is 2.07. The molecule has 0 fully saturated rings. The molecule has 18 heavy (non-hydrogen) atoms. The highest BCUT2D eigenvalue weighted by molar-refractivity contribution is 7.89. The molecule has 0 bridgehead atoms. The van der Waals surface area contributed by atoms with Crippen LogP contribution in [0.25, 0.3) is 0 Å². The molecule has 0 unspecified atom stereocenters. The van der Waals surface area contributed by atoms with Gasteiger partial charge in [0.15, 0.2) is 0 Å². The fourth-order valence-corrected chi connectivity index (χ4v) is 2.92. The predicted octanol–water partition coefficient (Wildman–Crippen LogP) is 2.43. The van der Waals surface area contributed by atoms with Gasteiger partial charge in [-0.05, 0) is 12.8 Å². The lowest BCUT2D eigenvalue weighted by Crippen LogP contribution is -2.27. The van der Waals surface area contributed by atoms with E-state index in [0.717, 1.165) is 12.8 Å². The zero-order valence-corrected chi connectivity index (χ0v) is 12.5. The van der Waals surface area contributed by atoms with Crippen LogP contribution in [0.15, 0.2) is 0 Å². The first kappa shape index (κ1) is 17.9. The summed E-state index contributed by atoms with van der Waals surface area (Å²) in [5, 5.41) is 8.57. The van der Waals surface area contributed by atoms with Gasteiger partial charge < -0.3 is 5.11 Å². The van der Waals surface area contributed by atoms with E-state index >= 15 is 0 Å². The summed E-state index contributed by atoms with van der Waals surface area (Å²) in [4.78, 5) is 0. The van der Waals surface area contributed by atoms with Gasteiger partial charge in [0, 0.05) is 13.2 Å². The zero-order chi connectivity index (χ0) is 13.7. The molecule has 110 valence electrons. The van der Waals surface area contributed by atoms with Crippen molar-refractivity contribution in [3.63, 3.8) is 0 Å². The van der Waals surface area contributed by atoms with Crippen LogP contribution in [0.1, 0.15) is 64.7 Å². The molecule has 0 aliphatic rings. The van der Waals surface area contributed by atoms with Crippen LogP contribution in [0.5, 0.6) is 0 Å². The molecule has 0 atom stereocenters. The van der Waals surface area contributed by atoms with Crippen LogP contribution in [-0.2, 0) is 10.0 Å². The first-order valence-electron chi connectivity index (χ1n) is 7.20. The summed E-state index contributed by atoms with van der Waals surface area (Å²) in [5.74, 6) is 0.0283. The molecule has 2 N–H and O–H groups in total. The van der Waals surface area contributed by atoms with Crippen molar-refractivity contribution in [2.75, 3.05) is 18.9 Å².